The SMILES string of the molecule is C#Cc1c(/C=C\C)oc2c(-c3ccccc3N(c3ccc(-c4ccccc4)cc3)c3cccc4c3-c3ccccc3C4(C)C)cccc12. The standard InChI is InChI=1S/C46H35NO/c1-5-16-43-34(6-2)36-21-14-22-37(45(36)48-43)35-19-11-13-25-41(35)47(33-29-27-32(28-30-33)31-17-8-7-9-18-31)42-26-15-24-40-44(42)38-20-10-12-23-39(38)46(40,3)4/h2,5,7-30H,1,3-4H3/b16-5-. The van der Waals surface area contributed by atoms with Gasteiger partial charge in [-0.05, 0) is 71.1 Å². The van der Waals surface area contributed by atoms with E-state index in [2.05, 4.69) is 164 Å². The molecule has 0 fully saturated rings. The van der Waals surface area contributed by atoms with Crippen LogP contribution in [0.15, 0.2) is 150 Å². The Bertz CT molecular complexity index is 2380. The highest BCUT2D eigenvalue weighted by Gasteiger charge is 2.38. The van der Waals surface area contributed by atoms with Crippen molar-refractivity contribution in [2.75, 3.05) is 4.90 Å². The van der Waals surface area contributed by atoms with Crippen LogP contribution in [0.25, 0.3) is 50.4 Å². The maximum Gasteiger partial charge on any atom is 0.144 e. The lowest BCUT2D eigenvalue weighted by Gasteiger charge is -2.30. The van der Waals surface area contributed by atoms with Gasteiger partial charge >= 0.3 is 0 Å². The largest absolute Gasteiger partial charge is 0.455 e. The lowest BCUT2D eigenvalue weighted by Crippen LogP contribution is -2.16. The summed E-state index contributed by atoms with van der Waals surface area (Å²) >= 11 is 0. The molecule has 1 heterocycles. The molecule has 0 bridgehead atoms. The van der Waals surface area contributed by atoms with Crippen LogP contribution in [0.4, 0.5) is 17.1 Å². The van der Waals surface area contributed by atoms with E-state index in [-0.39, 0.29) is 5.41 Å². The van der Waals surface area contributed by atoms with Gasteiger partial charge in [-0.1, -0.05) is 135 Å². The number of hydrogen-bond acceptors (Lipinski definition) is 2. The van der Waals surface area contributed by atoms with Gasteiger partial charge in [0.25, 0.3) is 0 Å². The Hall–Kier alpha value is -6.04. The first-order chi connectivity index (χ1) is 23.5. The summed E-state index contributed by atoms with van der Waals surface area (Å²) in [6.45, 7) is 6.64. The van der Waals surface area contributed by atoms with E-state index in [0.29, 0.717) is 5.76 Å². The van der Waals surface area contributed by atoms with E-state index in [1.807, 2.05) is 19.1 Å². The van der Waals surface area contributed by atoms with Crippen LogP contribution in [-0.2, 0) is 5.41 Å². The van der Waals surface area contributed by atoms with Crippen molar-refractivity contribution in [2.45, 2.75) is 26.2 Å². The number of allylic oxidation sites excluding steroid dienone is 1. The van der Waals surface area contributed by atoms with Crippen LogP contribution >= 0.6 is 0 Å². The first-order valence-corrected chi connectivity index (χ1v) is 16.4. The normalized spacial score (nSPS) is 13.0. The number of terminal acetylenes is 1. The number of benzene rings is 6. The van der Waals surface area contributed by atoms with Gasteiger partial charge in [-0.2, -0.15) is 0 Å². The van der Waals surface area contributed by atoms with Crippen molar-refractivity contribution in [3.05, 3.63) is 168 Å². The van der Waals surface area contributed by atoms with Crippen molar-refractivity contribution in [1.82, 2.24) is 0 Å². The molecule has 0 saturated heterocycles. The molecule has 230 valence electrons. The van der Waals surface area contributed by atoms with E-state index in [0.717, 1.165) is 44.7 Å². The van der Waals surface area contributed by atoms with Crippen molar-refractivity contribution in [3.63, 3.8) is 0 Å². The number of hydrogen-bond donors (Lipinski definition) is 0. The highest BCUT2D eigenvalue weighted by molar-refractivity contribution is 6.03. The van der Waals surface area contributed by atoms with E-state index in [4.69, 9.17) is 10.8 Å². The summed E-state index contributed by atoms with van der Waals surface area (Å²) < 4.78 is 6.53. The van der Waals surface area contributed by atoms with Crippen molar-refractivity contribution in [3.8, 4) is 45.7 Å². The molecule has 48 heavy (non-hydrogen) atoms. The zero-order chi connectivity index (χ0) is 32.8. The molecule has 7 aromatic rings. The molecule has 1 aliphatic rings. The fraction of sp³-hybridized carbons (Fsp3) is 0.0870. The van der Waals surface area contributed by atoms with Crippen LogP contribution < -0.4 is 4.90 Å². The minimum absolute atomic E-state index is 0.126. The number of furan rings is 1. The van der Waals surface area contributed by atoms with Crippen molar-refractivity contribution in [2.24, 2.45) is 0 Å². The molecule has 8 rings (SSSR count). The molecule has 2 heteroatoms. The Balaban J connectivity index is 1.40. The molecule has 0 aliphatic heterocycles. The molecule has 2 nitrogen and oxygen atoms in total. The van der Waals surface area contributed by atoms with Crippen LogP contribution in [0.3, 0.4) is 0 Å². The third-order valence-corrected chi connectivity index (χ3v) is 9.70. The third kappa shape index (κ3) is 4.59. The van der Waals surface area contributed by atoms with Crippen molar-refractivity contribution >= 4 is 34.1 Å². The molecule has 0 radical (unpaired) electrons. The predicted octanol–water partition coefficient (Wildman–Crippen LogP) is 12.6. The molecule has 0 saturated carbocycles. The summed E-state index contributed by atoms with van der Waals surface area (Å²) in [5, 5.41) is 0.938. The summed E-state index contributed by atoms with van der Waals surface area (Å²) in [6.07, 6.45) is 9.93. The number of nitrogens with zero attached hydrogens (tertiary/aromatic N) is 1. The minimum atomic E-state index is -0.126. The van der Waals surface area contributed by atoms with E-state index < -0.39 is 0 Å². The molecule has 1 aromatic heterocycles. The summed E-state index contributed by atoms with van der Waals surface area (Å²) in [4.78, 5) is 2.41. The molecule has 0 unspecified atom stereocenters. The van der Waals surface area contributed by atoms with E-state index in [1.165, 1.54) is 33.4 Å². The van der Waals surface area contributed by atoms with E-state index in [1.54, 1.807) is 0 Å². The van der Waals surface area contributed by atoms with E-state index in [9.17, 15) is 0 Å². The maximum atomic E-state index is 6.53. The zero-order valence-corrected chi connectivity index (χ0v) is 27.4. The average Bonchev–Trinajstić information content (AvgIpc) is 3.61. The smallest absolute Gasteiger partial charge is 0.144 e. The number of fused-ring (bicyclic) bond motifs is 4. The summed E-state index contributed by atoms with van der Waals surface area (Å²) in [5.41, 5.74) is 14.3. The monoisotopic (exact) mass is 617 g/mol. The second-order valence-electron chi connectivity index (χ2n) is 12.8. The minimum Gasteiger partial charge on any atom is -0.455 e. The number of rotatable bonds is 6. The lowest BCUT2D eigenvalue weighted by atomic mass is 9.82. The van der Waals surface area contributed by atoms with E-state index >= 15 is 0 Å². The molecule has 6 aromatic carbocycles. The highest BCUT2D eigenvalue weighted by Crippen LogP contribution is 2.55. The quantitative estimate of drug-likeness (QED) is 0.173. The van der Waals surface area contributed by atoms with Gasteiger partial charge < -0.3 is 9.32 Å². The number of para-hydroxylation sites is 2. The van der Waals surface area contributed by atoms with Crippen LogP contribution in [0.1, 0.15) is 43.2 Å². The molecule has 0 N–H and O–H groups in total. The Labute approximate surface area is 282 Å². The van der Waals surface area contributed by atoms with Gasteiger partial charge in [-0.15, -0.1) is 6.42 Å². The fourth-order valence-corrected chi connectivity index (χ4v) is 7.43. The third-order valence-electron chi connectivity index (χ3n) is 9.70. The second-order valence-corrected chi connectivity index (χ2v) is 12.8. The molecular formula is C46H35NO. The second kappa shape index (κ2) is 11.6. The Kier molecular flexibility index (Phi) is 7.12. The van der Waals surface area contributed by atoms with Crippen molar-refractivity contribution < 1.29 is 4.42 Å². The van der Waals surface area contributed by atoms with Gasteiger partial charge in [-0.25, -0.2) is 0 Å². The van der Waals surface area contributed by atoms with Gasteiger partial charge in [-0.3, -0.25) is 0 Å². The summed E-state index contributed by atoms with van der Waals surface area (Å²) in [7, 11) is 0. The first-order valence-electron chi connectivity index (χ1n) is 16.4. The summed E-state index contributed by atoms with van der Waals surface area (Å²) in [5.74, 6) is 3.58. The topological polar surface area (TPSA) is 16.4 Å². The van der Waals surface area contributed by atoms with Crippen LogP contribution in [0, 0.1) is 12.3 Å². The van der Waals surface area contributed by atoms with Gasteiger partial charge in [0.1, 0.15) is 11.3 Å². The van der Waals surface area contributed by atoms with Gasteiger partial charge in [0, 0.05) is 33.2 Å². The summed E-state index contributed by atoms with van der Waals surface area (Å²) in [6, 6.07) is 49.9. The lowest BCUT2D eigenvalue weighted by molar-refractivity contribution is 0.604. The zero-order valence-electron chi connectivity index (χ0n) is 27.4. The Morgan fingerprint density at radius 1 is 0.625 bits per heavy atom. The van der Waals surface area contributed by atoms with Crippen LogP contribution in [0.5, 0.6) is 0 Å². The van der Waals surface area contributed by atoms with Gasteiger partial charge in [0.15, 0.2) is 0 Å². The van der Waals surface area contributed by atoms with Crippen LogP contribution in [-0.4, -0.2) is 0 Å². The van der Waals surface area contributed by atoms with Gasteiger partial charge in [0.05, 0.1) is 16.9 Å². The Morgan fingerprint density at radius 3 is 2.02 bits per heavy atom. The van der Waals surface area contributed by atoms with Crippen LogP contribution in [0.2, 0.25) is 0 Å². The molecule has 0 atom stereocenters. The number of anilines is 3. The average molecular weight is 618 g/mol. The molecule has 1 aliphatic carbocycles. The molecule has 0 spiro atoms. The Morgan fingerprint density at radius 2 is 1.25 bits per heavy atom. The highest BCUT2D eigenvalue weighted by atomic mass is 16.3. The maximum absolute atomic E-state index is 6.53. The molecule has 0 amide bonds. The predicted molar refractivity (Wildman–Crippen MR) is 202 cm³/mol. The first kappa shape index (κ1) is 29.4. The van der Waals surface area contributed by atoms with Gasteiger partial charge in [0.2, 0.25) is 0 Å². The molecular weight excluding hydrogens is 583 g/mol. The van der Waals surface area contributed by atoms with Crippen molar-refractivity contribution in [1.29, 1.82) is 0 Å². The fourth-order valence-electron chi connectivity index (χ4n) is 7.43.